The molecule has 4 aliphatic heterocycles. The molecule has 11 heteroatoms. The Morgan fingerprint density at radius 1 is 0.971 bits per heavy atom. The minimum Gasteiger partial charge on any atom is -0.480 e. The first-order chi connectivity index (χ1) is 16.3. The number of carboxylic acids is 1. The van der Waals surface area contributed by atoms with Gasteiger partial charge in [-0.1, -0.05) is 0 Å². The molecule has 0 saturated carbocycles. The number of piperidine rings is 1. The van der Waals surface area contributed by atoms with E-state index >= 15 is 0 Å². The van der Waals surface area contributed by atoms with Gasteiger partial charge in [-0.2, -0.15) is 0 Å². The van der Waals surface area contributed by atoms with E-state index in [0.717, 1.165) is 56.4 Å². The quantitative estimate of drug-likeness (QED) is 0.516. The summed E-state index contributed by atoms with van der Waals surface area (Å²) in [5.41, 5.74) is 1.45. The molecule has 0 aromatic heterocycles. The number of carbonyl (C=O) groups excluding carboxylic acids is 4. The van der Waals surface area contributed by atoms with Crippen molar-refractivity contribution < 1.29 is 29.1 Å². The lowest BCUT2D eigenvalue weighted by Crippen LogP contribution is -2.55. The van der Waals surface area contributed by atoms with Crippen molar-refractivity contribution in [3.05, 3.63) is 29.3 Å². The number of fused-ring (bicyclic) bond motifs is 1. The third-order valence-electron chi connectivity index (χ3n) is 7.09. The van der Waals surface area contributed by atoms with E-state index < -0.39 is 35.6 Å². The number of benzene rings is 1. The first-order valence-corrected chi connectivity index (χ1v) is 11.6. The van der Waals surface area contributed by atoms with Crippen LogP contribution in [-0.4, -0.2) is 108 Å². The molecule has 11 nitrogen and oxygen atoms in total. The molecule has 2 N–H and O–H groups in total. The number of carboxylic acid groups (broad SMARTS) is 1. The van der Waals surface area contributed by atoms with Crippen molar-refractivity contribution in [3.63, 3.8) is 0 Å². The van der Waals surface area contributed by atoms with E-state index in [1.165, 1.54) is 0 Å². The molecular formula is C23H27N5O6. The SMILES string of the molecule is O=C(O)CN1CCN(CC2CN(c3ccc4c(c3)C(=O)N(C3CCC(=O)NC3=O)C4=O)C2)CC1. The normalized spacial score (nSPS) is 24.3. The Balaban J connectivity index is 1.17. The Morgan fingerprint density at radius 3 is 2.32 bits per heavy atom. The van der Waals surface area contributed by atoms with Crippen molar-refractivity contribution in [2.45, 2.75) is 18.9 Å². The summed E-state index contributed by atoms with van der Waals surface area (Å²) in [5.74, 6) is -2.30. The predicted octanol–water partition coefficient (Wildman–Crippen LogP) is -0.774. The number of carbonyl (C=O) groups is 5. The van der Waals surface area contributed by atoms with Gasteiger partial charge in [0.1, 0.15) is 6.04 Å². The molecule has 3 saturated heterocycles. The highest BCUT2D eigenvalue weighted by molar-refractivity contribution is 6.23. The van der Waals surface area contributed by atoms with Gasteiger partial charge in [-0.3, -0.25) is 39.1 Å². The number of amides is 4. The third kappa shape index (κ3) is 4.16. The molecular weight excluding hydrogens is 442 g/mol. The summed E-state index contributed by atoms with van der Waals surface area (Å²) >= 11 is 0. The van der Waals surface area contributed by atoms with Gasteiger partial charge in [-0.15, -0.1) is 0 Å². The average Bonchev–Trinajstić information content (AvgIpc) is 3.01. The number of aliphatic carboxylic acids is 1. The van der Waals surface area contributed by atoms with Crippen LogP contribution in [0.5, 0.6) is 0 Å². The second-order valence-electron chi connectivity index (χ2n) is 9.42. The van der Waals surface area contributed by atoms with Gasteiger partial charge < -0.3 is 14.9 Å². The number of nitrogens with one attached hydrogen (secondary N) is 1. The summed E-state index contributed by atoms with van der Waals surface area (Å²) in [6, 6.07) is 4.24. The smallest absolute Gasteiger partial charge is 0.317 e. The van der Waals surface area contributed by atoms with Crippen LogP contribution >= 0.6 is 0 Å². The lowest BCUT2D eigenvalue weighted by Gasteiger charge is -2.44. The van der Waals surface area contributed by atoms with E-state index in [9.17, 15) is 24.0 Å². The van der Waals surface area contributed by atoms with Crippen LogP contribution in [-0.2, 0) is 14.4 Å². The van der Waals surface area contributed by atoms with Crippen molar-refractivity contribution >= 4 is 35.3 Å². The van der Waals surface area contributed by atoms with E-state index in [1.807, 2.05) is 11.0 Å². The molecule has 1 aromatic rings. The molecule has 4 amide bonds. The Morgan fingerprint density at radius 2 is 1.65 bits per heavy atom. The fourth-order valence-corrected chi connectivity index (χ4v) is 5.24. The lowest BCUT2D eigenvalue weighted by molar-refractivity contribution is -0.139. The number of piperazine rings is 1. The predicted molar refractivity (Wildman–Crippen MR) is 119 cm³/mol. The minimum absolute atomic E-state index is 0.0889. The maximum Gasteiger partial charge on any atom is 0.317 e. The number of anilines is 1. The fourth-order valence-electron chi connectivity index (χ4n) is 5.24. The molecule has 1 aromatic carbocycles. The van der Waals surface area contributed by atoms with Crippen LogP contribution in [0.3, 0.4) is 0 Å². The van der Waals surface area contributed by atoms with E-state index in [1.54, 1.807) is 12.1 Å². The molecule has 34 heavy (non-hydrogen) atoms. The Labute approximate surface area is 196 Å². The van der Waals surface area contributed by atoms with Gasteiger partial charge in [0.05, 0.1) is 17.7 Å². The summed E-state index contributed by atoms with van der Waals surface area (Å²) in [6.07, 6.45) is 0.236. The minimum atomic E-state index is -0.960. The number of hydrogen-bond acceptors (Lipinski definition) is 8. The Kier molecular flexibility index (Phi) is 5.82. The fraction of sp³-hybridized carbons (Fsp3) is 0.522. The van der Waals surface area contributed by atoms with Crippen LogP contribution in [0.2, 0.25) is 0 Å². The molecule has 0 radical (unpaired) electrons. The molecule has 0 aliphatic carbocycles. The summed E-state index contributed by atoms with van der Waals surface area (Å²) in [5, 5.41) is 11.1. The second kappa shape index (κ2) is 8.80. The number of rotatable bonds is 6. The van der Waals surface area contributed by atoms with Crippen molar-refractivity contribution in [1.82, 2.24) is 20.0 Å². The molecule has 3 fully saturated rings. The van der Waals surface area contributed by atoms with Crippen LogP contribution in [0.15, 0.2) is 18.2 Å². The van der Waals surface area contributed by atoms with Gasteiger partial charge in [0.15, 0.2) is 0 Å². The monoisotopic (exact) mass is 469 g/mol. The van der Waals surface area contributed by atoms with Crippen LogP contribution < -0.4 is 10.2 Å². The first-order valence-electron chi connectivity index (χ1n) is 11.6. The highest BCUT2D eigenvalue weighted by Crippen LogP contribution is 2.33. The summed E-state index contributed by atoms with van der Waals surface area (Å²) in [4.78, 5) is 67.8. The topological polar surface area (TPSA) is 131 Å². The van der Waals surface area contributed by atoms with Gasteiger partial charge in [-0.25, -0.2) is 0 Å². The number of nitrogens with zero attached hydrogens (tertiary/aromatic N) is 4. The Bertz CT molecular complexity index is 1060. The molecule has 4 aliphatic rings. The van der Waals surface area contributed by atoms with Crippen LogP contribution in [0.25, 0.3) is 0 Å². The largest absolute Gasteiger partial charge is 0.480 e. The molecule has 1 atom stereocenters. The van der Waals surface area contributed by atoms with Gasteiger partial charge in [-0.05, 0) is 24.6 Å². The maximum atomic E-state index is 13.0. The average molecular weight is 469 g/mol. The first kappa shape index (κ1) is 22.5. The van der Waals surface area contributed by atoms with Crippen molar-refractivity contribution in [2.24, 2.45) is 5.92 Å². The third-order valence-corrected chi connectivity index (χ3v) is 7.09. The molecule has 180 valence electrons. The van der Waals surface area contributed by atoms with Crippen molar-refractivity contribution in [2.75, 3.05) is 57.3 Å². The Hall–Kier alpha value is -3.31. The van der Waals surface area contributed by atoms with Gasteiger partial charge in [0.2, 0.25) is 11.8 Å². The summed E-state index contributed by atoms with van der Waals surface area (Å²) in [7, 11) is 0. The van der Waals surface area contributed by atoms with Crippen LogP contribution in [0.1, 0.15) is 33.6 Å². The summed E-state index contributed by atoms with van der Waals surface area (Å²) < 4.78 is 0. The van der Waals surface area contributed by atoms with E-state index in [0.29, 0.717) is 11.5 Å². The van der Waals surface area contributed by atoms with Crippen molar-refractivity contribution in [3.8, 4) is 0 Å². The van der Waals surface area contributed by atoms with Gasteiger partial charge in [0.25, 0.3) is 11.8 Å². The summed E-state index contributed by atoms with van der Waals surface area (Å²) in [6.45, 7) is 5.94. The van der Waals surface area contributed by atoms with E-state index in [4.69, 9.17) is 5.11 Å². The lowest BCUT2D eigenvalue weighted by atomic mass is 9.97. The van der Waals surface area contributed by atoms with Gasteiger partial charge >= 0.3 is 5.97 Å². The molecule has 4 heterocycles. The van der Waals surface area contributed by atoms with Crippen molar-refractivity contribution in [1.29, 1.82) is 0 Å². The zero-order chi connectivity index (χ0) is 24.0. The van der Waals surface area contributed by atoms with E-state index in [2.05, 4.69) is 15.1 Å². The molecule has 0 spiro atoms. The molecule has 5 rings (SSSR count). The zero-order valence-corrected chi connectivity index (χ0v) is 18.7. The number of imide groups is 2. The number of hydrogen-bond donors (Lipinski definition) is 2. The zero-order valence-electron chi connectivity index (χ0n) is 18.7. The van der Waals surface area contributed by atoms with E-state index in [-0.39, 0.29) is 24.9 Å². The highest BCUT2D eigenvalue weighted by atomic mass is 16.4. The second-order valence-corrected chi connectivity index (χ2v) is 9.42. The highest BCUT2D eigenvalue weighted by Gasteiger charge is 2.45. The van der Waals surface area contributed by atoms with Gasteiger partial charge in [0, 0.05) is 63.8 Å². The standard InChI is InChI=1S/C23H27N5O6/c29-19-4-3-18(21(32)24-19)28-22(33)16-2-1-15(9-17(16)23(28)34)27-11-14(12-27)10-25-5-7-26(8-6-25)13-20(30)31/h1-2,9,14,18H,3-8,10-13H2,(H,30,31)(H,24,29,32). The van der Waals surface area contributed by atoms with Crippen LogP contribution in [0, 0.1) is 5.92 Å². The molecule has 0 bridgehead atoms. The van der Waals surface area contributed by atoms with Crippen LogP contribution in [0.4, 0.5) is 5.69 Å². The maximum absolute atomic E-state index is 13.0. The molecule has 1 unspecified atom stereocenters.